The smallest absolute Gasteiger partial charge is 0.230 e. The standard InChI is InChI=1S/C18H18FN3O/c1-18(2,17(23)22-10-12-5-7-20-8-6-12)15-11-21-16-9-13(19)3-4-14(15)16/h3-9,11,21H,10H2,1-2H3,(H,22,23). The first-order chi connectivity index (χ1) is 11.0. The Morgan fingerprint density at radius 2 is 2.00 bits per heavy atom. The van der Waals surface area contributed by atoms with Gasteiger partial charge in [0.1, 0.15) is 5.82 Å². The number of aromatic amines is 1. The zero-order chi connectivity index (χ0) is 16.4. The van der Waals surface area contributed by atoms with E-state index in [0.717, 1.165) is 16.5 Å². The predicted octanol–water partition coefficient (Wildman–Crippen LogP) is 3.30. The lowest BCUT2D eigenvalue weighted by Crippen LogP contribution is -2.39. The molecule has 0 spiro atoms. The Kier molecular flexibility index (Phi) is 3.86. The lowest BCUT2D eigenvalue weighted by atomic mass is 9.83. The number of nitrogens with zero attached hydrogens (tertiary/aromatic N) is 1. The first-order valence-corrected chi connectivity index (χ1v) is 7.43. The van der Waals surface area contributed by atoms with Crippen LogP contribution in [0, 0.1) is 5.82 Å². The normalized spacial score (nSPS) is 11.6. The molecule has 1 aromatic carbocycles. The highest BCUT2D eigenvalue weighted by Gasteiger charge is 2.32. The van der Waals surface area contributed by atoms with E-state index in [2.05, 4.69) is 15.3 Å². The van der Waals surface area contributed by atoms with Crippen molar-refractivity contribution in [1.82, 2.24) is 15.3 Å². The van der Waals surface area contributed by atoms with Gasteiger partial charge in [-0.15, -0.1) is 0 Å². The van der Waals surface area contributed by atoms with Gasteiger partial charge in [-0.3, -0.25) is 9.78 Å². The minimum atomic E-state index is -0.733. The number of H-pyrrole nitrogens is 1. The van der Waals surface area contributed by atoms with E-state index >= 15 is 0 Å². The van der Waals surface area contributed by atoms with Crippen LogP contribution in [-0.4, -0.2) is 15.9 Å². The molecule has 118 valence electrons. The second-order valence-electron chi connectivity index (χ2n) is 6.06. The molecule has 2 aromatic heterocycles. The summed E-state index contributed by atoms with van der Waals surface area (Å²) < 4.78 is 13.3. The quantitative estimate of drug-likeness (QED) is 0.777. The minimum Gasteiger partial charge on any atom is -0.361 e. The lowest BCUT2D eigenvalue weighted by molar-refractivity contribution is -0.125. The van der Waals surface area contributed by atoms with Crippen LogP contribution in [0.4, 0.5) is 4.39 Å². The van der Waals surface area contributed by atoms with E-state index in [1.807, 2.05) is 26.0 Å². The van der Waals surface area contributed by atoms with Crippen LogP contribution in [0.1, 0.15) is 25.0 Å². The molecule has 0 unspecified atom stereocenters. The third-order valence-electron chi connectivity index (χ3n) is 4.09. The fourth-order valence-corrected chi connectivity index (χ4v) is 2.64. The highest BCUT2D eigenvalue weighted by atomic mass is 19.1. The van der Waals surface area contributed by atoms with Crippen molar-refractivity contribution in [2.75, 3.05) is 0 Å². The Morgan fingerprint density at radius 3 is 2.74 bits per heavy atom. The summed E-state index contributed by atoms with van der Waals surface area (Å²) in [6.45, 7) is 4.17. The van der Waals surface area contributed by atoms with Crippen molar-refractivity contribution in [2.45, 2.75) is 25.8 Å². The Hall–Kier alpha value is -2.69. The Bertz CT molecular complexity index is 840. The van der Waals surface area contributed by atoms with Crippen LogP contribution in [0.3, 0.4) is 0 Å². The van der Waals surface area contributed by atoms with Crippen molar-refractivity contribution in [3.05, 3.63) is 65.9 Å². The van der Waals surface area contributed by atoms with Gasteiger partial charge < -0.3 is 10.3 Å². The second-order valence-corrected chi connectivity index (χ2v) is 6.06. The van der Waals surface area contributed by atoms with E-state index in [4.69, 9.17) is 0 Å². The van der Waals surface area contributed by atoms with Gasteiger partial charge in [0, 0.05) is 36.0 Å². The average Bonchev–Trinajstić information content (AvgIpc) is 2.97. The molecule has 23 heavy (non-hydrogen) atoms. The van der Waals surface area contributed by atoms with Crippen molar-refractivity contribution >= 4 is 16.8 Å². The summed E-state index contributed by atoms with van der Waals surface area (Å²) in [7, 11) is 0. The molecule has 0 aliphatic rings. The summed E-state index contributed by atoms with van der Waals surface area (Å²) in [5.41, 5.74) is 1.79. The van der Waals surface area contributed by atoms with Gasteiger partial charge in [-0.1, -0.05) is 0 Å². The number of nitrogens with one attached hydrogen (secondary N) is 2. The molecule has 0 radical (unpaired) electrons. The molecule has 0 bridgehead atoms. The topological polar surface area (TPSA) is 57.8 Å². The van der Waals surface area contributed by atoms with Crippen LogP contribution in [-0.2, 0) is 16.8 Å². The monoisotopic (exact) mass is 311 g/mol. The third-order valence-corrected chi connectivity index (χ3v) is 4.09. The van der Waals surface area contributed by atoms with Crippen molar-refractivity contribution < 1.29 is 9.18 Å². The number of hydrogen-bond acceptors (Lipinski definition) is 2. The van der Waals surface area contributed by atoms with E-state index in [-0.39, 0.29) is 11.7 Å². The molecule has 3 aromatic rings. The molecular weight excluding hydrogens is 293 g/mol. The molecule has 0 aliphatic carbocycles. The summed E-state index contributed by atoms with van der Waals surface area (Å²) in [5.74, 6) is -0.384. The fraction of sp³-hybridized carbons (Fsp3) is 0.222. The molecular formula is C18H18FN3O. The van der Waals surface area contributed by atoms with Crippen LogP contribution < -0.4 is 5.32 Å². The molecule has 3 rings (SSSR count). The largest absolute Gasteiger partial charge is 0.361 e. The number of aromatic nitrogens is 2. The van der Waals surface area contributed by atoms with Crippen LogP contribution in [0.2, 0.25) is 0 Å². The highest BCUT2D eigenvalue weighted by molar-refractivity contribution is 5.94. The van der Waals surface area contributed by atoms with Crippen molar-refractivity contribution in [3.8, 4) is 0 Å². The van der Waals surface area contributed by atoms with Gasteiger partial charge in [0.25, 0.3) is 0 Å². The zero-order valence-electron chi connectivity index (χ0n) is 13.1. The number of fused-ring (bicyclic) bond motifs is 1. The highest BCUT2D eigenvalue weighted by Crippen LogP contribution is 2.31. The van der Waals surface area contributed by atoms with Gasteiger partial charge >= 0.3 is 0 Å². The molecule has 1 amide bonds. The number of halogens is 1. The predicted molar refractivity (Wildman–Crippen MR) is 87.4 cm³/mol. The van der Waals surface area contributed by atoms with Crippen molar-refractivity contribution in [3.63, 3.8) is 0 Å². The first kappa shape index (κ1) is 15.2. The number of benzene rings is 1. The number of pyridine rings is 1. The van der Waals surface area contributed by atoms with Crippen LogP contribution in [0.5, 0.6) is 0 Å². The molecule has 0 aliphatic heterocycles. The second kappa shape index (κ2) is 5.83. The summed E-state index contributed by atoms with van der Waals surface area (Å²) in [4.78, 5) is 19.6. The average molecular weight is 311 g/mol. The van der Waals surface area contributed by atoms with E-state index in [9.17, 15) is 9.18 Å². The number of carbonyl (C=O) groups is 1. The number of hydrogen-bond donors (Lipinski definition) is 2. The summed E-state index contributed by atoms with van der Waals surface area (Å²) >= 11 is 0. The lowest BCUT2D eigenvalue weighted by Gasteiger charge is -2.23. The van der Waals surface area contributed by atoms with Crippen molar-refractivity contribution in [2.24, 2.45) is 0 Å². The molecule has 0 fully saturated rings. The maximum atomic E-state index is 13.3. The van der Waals surface area contributed by atoms with Crippen LogP contribution in [0.15, 0.2) is 48.9 Å². The minimum absolute atomic E-state index is 0.0838. The van der Waals surface area contributed by atoms with E-state index in [0.29, 0.717) is 12.1 Å². The Morgan fingerprint density at radius 1 is 1.26 bits per heavy atom. The van der Waals surface area contributed by atoms with Gasteiger partial charge in [0.05, 0.1) is 5.41 Å². The molecule has 0 atom stereocenters. The molecule has 0 saturated carbocycles. The molecule has 0 saturated heterocycles. The van der Waals surface area contributed by atoms with Gasteiger partial charge in [-0.2, -0.15) is 0 Å². The number of amides is 1. The van der Waals surface area contributed by atoms with Gasteiger partial charge in [-0.25, -0.2) is 4.39 Å². The van der Waals surface area contributed by atoms with Crippen LogP contribution in [0.25, 0.3) is 10.9 Å². The van der Waals surface area contributed by atoms with E-state index in [1.54, 1.807) is 24.7 Å². The Labute approximate surface area is 133 Å². The number of rotatable bonds is 4. The maximum Gasteiger partial charge on any atom is 0.230 e. The molecule has 2 N–H and O–H groups in total. The van der Waals surface area contributed by atoms with Gasteiger partial charge in [0.15, 0.2) is 0 Å². The maximum absolute atomic E-state index is 13.3. The van der Waals surface area contributed by atoms with Gasteiger partial charge in [-0.05, 0) is 55.3 Å². The summed E-state index contributed by atoms with van der Waals surface area (Å²) in [6, 6.07) is 8.27. The Balaban J connectivity index is 1.83. The third kappa shape index (κ3) is 2.95. The zero-order valence-corrected chi connectivity index (χ0v) is 13.1. The fourth-order valence-electron chi connectivity index (χ4n) is 2.64. The first-order valence-electron chi connectivity index (χ1n) is 7.43. The summed E-state index contributed by atoms with van der Waals surface area (Å²) in [6.07, 6.45) is 5.16. The van der Waals surface area contributed by atoms with Crippen molar-refractivity contribution in [1.29, 1.82) is 0 Å². The summed E-state index contributed by atoms with van der Waals surface area (Å²) in [5, 5.41) is 3.81. The molecule has 5 heteroatoms. The SMILES string of the molecule is CC(C)(C(=O)NCc1ccncc1)c1c[nH]c2cc(F)ccc12. The van der Waals surface area contributed by atoms with Crippen LogP contribution >= 0.6 is 0 Å². The molecule has 2 heterocycles. The van der Waals surface area contributed by atoms with E-state index in [1.165, 1.54) is 12.1 Å². The number of carbonyl (C=O) groups excluding carboxylic acids is 1. The molecule has 4 nitrogen and oxygen atoms in total. The van der Waals surface area contributed by atoms with E-state index < -0.39 is 5.41 Å². The van der Waals surface area contributed by atoms with Gasteiger partial charge in [0.2, 0.25) is 5.91 Å².